The van der Waals surface area contributed by atoms with Gasteiger partial charge in [-0.15, -0.1) is 0 Å². The van der Waals surface area contributed by atoms with Gasteiger partial charge in [-0.2, -0.15) is 0 Å². The maximum absolute atomic E-state index is 8.67. The Morgan fingerprint density at radius 1 is 1.10 bits per heavy atom. The van der Waals surface area contributed by atoms with Gasteiger partial charge in [0, 0.05) is 23.1 Å². The first-order valence-electron chi connectivity index (χ1n) is 6.21. The maximum Gasteiger partial charge on any atom is 0.170 e. The van der Waals surface area contributed by atoms with E-state index >= 15 is 0 Å². The minimum atomic E-state index is 0.124. The van der Waals surface area contributed by atoms with Crippen LogP contribution in [-0.4, -0.2) is 11.0 Å². The zero-order valence-electron chi connectivity index (χ0n) is 10.9. The molecule has 0 atom stereocenters. The van der Waals surface area contributed by atoms with E-state index in [4.69, 9.17) is 10.9 Å². The van der Waals surface area contributed by atoms with Crippen molar-refractivity contribution < 1.29 is 5.21 Å². The standard InChI is InChI=1S/C15H16BrN3O/c16-14-6-2-4-12(8-14)10-18-9-11-3-1-5-13(7-11)15(17)19-20/h1-8,18,20H,9-10H2,(H2,17,19). The summed E-state index contributed by atoms with van der Waals surface area (Å²) in [5, 5.41) is 15.0. The van der Waals surface area contributed by atoms with Crippen molar-refractivity contribution >= 4 is 21.8 Å². The zero-order valence-corrected chi connectivity index (χ0v) is 12.5. The highest BCUT2D eigenvalue weighted by Gasteiger charge is 2.01. The molecule has 0 aromatic heterocycles. The molecule has 20 heavy (non-hydrogen) atoms. The van der Waals surface area contributed by atoms with E-state index in [-0.39, 0.29) is 5.84 Å². The van der Waals surface area contributed by atoms with E-state index in [1.807, 2.05) is 36.4 Å². The molecule has 0 heterocycles. The average Bonchev–Trinajstić information content (AvgIpc) is 2.47. The van der Waals surface area contributed by atoms with Crippen molar-refractivity contribution in [2.24, 2.45) is 10.9 Å². The molecule has 2 aromatic rings. The molecule has 104 valence electrons. The number of benzene rings is 2. The predicted octanol–water partition coefficient (Wildman–Crippen LogP) is 2.83. The topological polar surface area (TPSA) is 70.6 Å². The highest BCUT2D eigenvalue weighted by atomic mass is 79.9. The first-order chi connectivity index (χ1) is 9.69. The number of oxime groups is 1. The molecular weight excluding hydrogens is 318 g/mol. The van der Waals surface area contributed by atoms with Gasteiger partial charge < -0.3 is 16.3 Å². The van der Waals surface area contributed by atoms with Gasteiger partial charge in [-0.25, -0.2) is 0 Å². The first-order valence-corrected chi connectivity index (χ1v) is 7.00. The molecule has 4 N–H and O–H groups in total. The van der Waals surface area contributed by atoms with Gasteiger partial charge in [-0.1, -0.05) is 51.4 Å². The van der Waals surface area contributed by atoms with Crippen molar-refractivity contribution in [1.82, 2.24) is 5.32 Å². The van der Waals surface area contributed by atoms with Crippen molar-refractivity contribution in [3.05, 3.63) is 69.7 Å². The predicted molar refractivity (Wildman–Crippen MR) is 83.6 cm³/mol. The van der Waals surface area contributed by atoms with Crippen LogP contribution in [-0.2, 0) is 13.1 Å². The molecule has 0 saturated heterocycles. The van der Waals surface area contributed by atoms with Gasteiger partial charge in [-0.05, 0) is 29.3 Å². The number of hydrogen-bond acceptors (Lipinski definition) is 3. The van der Waals surface area contributed by atoms with E-state index < -0.39 is 0 Å². The van der Waals surface area contributed by atoms with Gasteiger partial charge in [-0.3, -0.25) is 0 Å². The Bertz CT molecular complexity index is 614. The van der Waals surface area contributed by atoms with E-state index in [9.17, 15) is 0 Å². The third kappa shape index (κ3) is 4.08. The molecule has 0 spiro atoms. The van der Waals surface area contributed by atoms with Crippen LogP contribution < -0.4 is 11.1 Å². The minimum absolute atomic E-state index is 0.124. The molecule has 0 radical (unpaired) electrons. The normalized spacial score (nSPS) is 11.6. The highest BCUT2D eigenvalue weighted by Crippen LogP contribution is 2.11. The second-order valence-electron chi connectivity index (χ2n) is 4.42. The van der Waals surface area contributed by atoms with Gasteiger partial charge >= 0.3 is 0 Å². The molecule has 5 heteroatoms. The summed E-state index contributed by atoms with van der Waals surface area (Å²) in [7, 11) is 0. The molecule has 0 aliphatic carbocycles. The molecule has 0 bridgehead atoms. The monoisotopic (exact) mass is 333 g/mol. The van der Waals surface area contributed by atoms with Crippen LogP contribution >= 0.6 is 15.9 Å². The van der Waals surface area contributed by atoms with Gasteiger partial charge in [0.25, 0.3) is 0 Å². The van der Waals surface area contributed by atoms with Gasteiger partial charge in [0.1, 0.15) is 0 Å². The van der Waals surface area contributed by atoms with Crippen LogP contribution in [0, 0.1) is 0 Å². The third-order valence-corrected chi connectivity index (χ3v) is 3.37. The lowest BCUT2D eigenvalue weighted by molar-refractivity contribution is 0.318. The summed E-state index contributed by atoms with van der Waals surface area (Å²) in [6.45, 7) is 1.51. The number of rotatable bonds is 5. The lowest BCUT2D eigenvalue weighted by Crippen LogP contribution is -2.15. The minimum Gasteiger partial charge on any atom is -0.409 e. The summed E-state index contributed by atoms with van der Waals surface area (Å²) in [5.74, 6) is 0.124. The number of amidine groups is 1. The second-order valence-corrected chi connectivity index (χ2v) is 5.33. The number of halogens is 1. The molecule has 0 aliphatic rings. The molecule has 2 rings (SSSR count). The first kappa shape index (κ1) is 14.6. The van der Waals surface area contributed by atoms with Crippen LogP contribution in [0.2, 0.25) is 0 Å². The van der Waals surface area contributed by atoms with Crippen LogP contribution in [0.15, 0.2) is 58.2 Å². The van der Waals surface area contributed by atoms with E-state index in [1.54, 1.807) is 0 Å². The van der Waals surface area contributed by atoms with Gasteiger partial charge in [0.05, 0.1) is 0 Å². The maximum atomic E-state index is 8.67. The van der Waals surface area contributed by atoms with Crippen LogP contribution in [0.1, 0.15) is 16.7 Å². The van der Waals surface area contributed by atoms with E-state index in [1.165, 1.54) is 5.56 Å². The molecule has 2 aromatic carbocycles. The van der Waals surface area contributed by atoms with Crippen LogP contribution in [0.4, 0.5) is 0 Å². The van der Waals surface area contributed by atoms with Gasteiger partial charge in [0.15, 0.2) is 5.84 Å². The van der Waals surface area contributed by atoms with Crippen molar-refractivity contribution in [2.45, 2.75) is 13.1 Å². The molecular formula is C15H16BrN3O. The summed E-state index contributed by atoms with van der Waals surface area (Å²) < 4.78 is 1.07. The fourth-order valence-electron chi connectivity index (χ4n) is 1.90. The Kier molecular flexibility index (Phi) is 5.15. The second kappa shape index (κ2) is 7.07. The number of nitrogens with zero attached hydrogens (tertiary/aromatic N) is 1. The number of nitrogens with one attached hydrogen (secondary N) is 1. The van der Waals surface area contributed by atoms with Crippen molar-refractivity contribution in [1.29, 1.82) is 0 Å². The Balaban J connectivity index is 1.94. The third-order valence-electron chi connectivity index (χ3n) is 2.88. The van der Waals surface area contributed by atoms with E-state index in [0.717, 1.165) is 23.1 Å². The molecule has 0 saturated carbocycles. The summed E-state index contributed by atoms with van der Waals surface area (Å²) in [5.41, 5.74) is 8.59. The summed E-state index contributed by atoms with van der Waals surface area (Å²) in [4.78, 5) is 0. The number of hydrogen-bond donors (Lipinski definition) is 3. The molecule has 0 unspecified atom stereocenters. The SMILES string of the molecule is NC(=NO)c1cccc(CNCc2cccc(Br)c2)c1. The largest absolute Gasteiger partial charge is 0.409 e. The Labute approximate surface area is 126 Å². The fourth-order valence-corrected chi connectivity index (χ4v) is 2.34. The van der Waals surface area contributed by atoms with E-state index in [0.29, 0.717) is 5.56 Å². The summed E-state index contributed by atoms with van der Waals surface area (Å²) in [6.07, 6.45) is 0. The smallest absolute Gasteiger partial charge is 0.170 e. The Hall–Kier alpha value is -1.85. The molecule has 0 aliphatic heterocycles. The van der Waals surface area contributed by atoms with Crippen molar-refractivity contribution in [2.75, 3.05) is 0 Å². The zero-order chi connectivity index (χ0) is 14.4. The Morgan fingerprint density at radius 2 is 1.75 bits per heavy atom. The average molecular weight is 334 g/mol. The van der Waals surface area contributed by atoms with Crippen molar-refractivity contribution in [3.8, 4) is 0 Å². The summed E-state index contributed by atoms with van der Waals surface area (Å²) >= 11 is 3.45. The lowest BCUT2D eigenvalue weighted by Gasteiger charge is -2.07. The van der Waals surface area contributed by atoms with Crippen molar-refractivity contribution in [3.63, 3.8) is 0 Å². The number of nitrogens with two attached hydrogens (primary N) is 1. The molecule has 0 amide bonds. The van der Waals surface area contributed by atoms with Crippen LogP contribution in [0.3, 0.4) is 0 Å². The lowest BCUT2D eigenvalue weighted by atomic mass is 10.1. The van der Waals surface area contributed by atoms with Crippen LogP contribution in [0.5, 0.6) is 0 Å². The molecule has 4 nitrogen and oxygen atoms in total. The highest BCUT2D eigenvalue weighted by molar-refractivity contribution is 9.10. The Morgan fingerprint density at radius 3 is 2.40 bits per heavy atom. The van der Waals surface area contributed by atoms with Crippen LogP contribution in [0.25, 0.3) is 0 Å². The fraction of sp³-hybridized carbons (Fsp3) is 0.133. The quantitative estimate of drug-likeness (QED) is 0.341. The van der Waals surface area contributed by atoms with E-state index in [2.05, 4.69) is 38.5 Å². The summed E-state index contributed by atoms with van der Waals surface area (Å²) in [6, 6.07) is 15.8. The van der Waals surface area contributed by atoms with Gasteiger partial charge in [0.2, 0.25) is 0 Å². The molecule has 0 fully saturated rings.